The van der Waals surface area contributed by atoms with Gasteiger partial charge in [0.25, 0.3) is 0 Å². The molecule has 0 heterocycles. The molecule has 0 N–H and O–H groups in total. The van der Waals surface area contributed by atoms with E-state index in [1.165, 1.54) is 48.5 Å². The van der Waals surface area contributed by atoms with Crippen LogP contribution in [0.2, 0.25) is 0 Å². The highest BCUT2D eigenvalue weighted by Crippen LogP contribution is 2.58. The van der Waals surface area contributed by atoms with Gasteiger partial charge in [0.05, 0.1) is 0 Å². The van der Waals surface area contributed by atoms with Crippen molar-refractivity contribution < 1.29 is 51.5 Å². The zero-order valence-corrected chi connectivity index (χ0v) is 48.4. The van der Waals surface area contributed by atoms with Gasteiger partial charge in [0.1, 0.15) is 21.3 Å². The fourth-order valence-corrected chi connectivity index (χ4v) is 12.5. The molecule has 0 atom stereocenters. The van der Waals surface area contributed by atoms with Crippen molar-refractivity contribution in [2.45, 2.75) is 261 Å². The van der Waals surface area contributed by atoms with Crippen molar-refractivity contribution >= 4 is 20.2 Å². The van der Waals surface area contributed by atoms with Crippen LogP contribution in [-0.4, -0.2) is 29.2 Å². The first kappa shape index (κ1) is 65.5. The van der Waals surface area contributed by atoms with Crippen LogP contribution in [0.1, 0.15) is 241 Å². The van der Waals surface area contributed by atoms with E-state index in [2.05, 4.69) is 27.7 Å². The predicted molar refractivity (Wildman–Crippen MR) is 301 cm³/mol. The maximum atomic E-state index is 16.8. The minimum atomic E-state index is -6.01. The van der Waals surface area contributed by atoms with Crippen molar-refractivity contribution in [2.75, 3.05) is 0 Å². The molecule has 0 fully saturated rings. The molecule has 0 aliphatic carbocycles. The van der Waals surface area contributed by atoms with Gasteiger partial charge in [-0.2, -0.15) is 43.2 Å². The van der Waals surface area contributed by atoms with Crippen LogP contribution in [0.15, 0.2) is 94.7 Å². The van der Waals surface area contributed by atoms with E-state index in [1.54, 1.807) is 12.1 Å². The summed E-state index contributed by atoms with van der Waals surface area (Å²) in [4.78, 5) is -0.405. The lowest BCUT2D eigenvalue weighted by Gasteiger charge is -2.39. The second-order valence-electron chi connectivity index (χ2n) is 21.2. The molecular formula is C63H90F6O6S2. The molecule has 0 aliphatic heterocycles. The highest BCUT2D eigenvalue weighted by molar-refractivity contribution is 7.87. The molecule has 14 heteroatoms. The third kappa shape index (κ3) is 20.2. The molecule has 0 aliphatic rings. The first-order chi connectivity index (χ1) is 36.9. The minimum absolute atomic E-state index is 0.0335. The predicted octanol–water partition coefficient (Wildman–Crippen LogP) is 19.8. The zero-order chi connectivity index (χ0) is 56.2. The molecule has 0 saturated heterocycles. The number of hydrogen-bond donors (Lipinski definition) is 0. The van der Waals surface area contributed by atoms with Gasteiger partial charge in [-0.25, -0.2) is 0 Å². The van der Waals surface area contributed by atoms with Gasteiger partial charge >= 0.3 is 32.6 Å². The summed E-state index contributed by atoms with van der Waals surface area (Å²) < 4.78 is 169. The Bertz CT molecular complexity index is 2260. The second kappa shape index (κ2) is 33.5. The molecular weight excluding hydrogens is 1030 g/mol. The van der Waals surface area contributed by atoms with Crippen molar-refractivity contribution in [1.29, 1.82) is 0 Å². The van der Waals surface area contributed by atoms with E-state index >= 15 is 26.3 Å². The summed E-state index contributed by atoms with van der Waals surface area (Å²) >= 11 is 0. The molecule has 6 nitrogen and oxygen atoms in total. The van der Waals surface area contributed by atoms with E-state index in [0.717, 1.165) is 153 Å². The Morgan fingerprint density at radius 2 is 0.558 bits per heavy atom. The molecule has 0 aromatic heterocycles. The summed E-state index contributed by atoms with van der Waals surface area (Å²) in [6, 6.07) is 18.2. The number of alkyl halides is 6. The Balaban J connectivity index is 2.08. The molecule has 0 amide bonds. The van der Waals surface area contributed by atoms with Crippen LogP contribution in [0.3, 0.4) is 0 Å². The highest BCUT2D eigenvalue weighted by Gasteiger charge is 2.73. The molecule has 432 valence electrons. The van der Waals surface area contributed by atoms with Crippen molar-refractivity contribution in [2.24, 2.45) is 0 Å². The van der Waals surface area contributed by atoms with Crippen molar-refractivity contribution in [1.82, 2.24) is 0 Å². The van der Waals surface area contributed by atoms with Crippen molar-refractivity contribution in [3.8, 4) is 11.5 Å². The largest absolute Gasteiger partial charge is 0.411 e. The van der Waals surface area contributed by atoms with E-state index in [4.69, 9.17) is 8.37 Å². The van der Waals surface area contributed by atoms with E-state index in [9.17, 15) is 16.8 Å². The second-order valence-corrected chi connectivity index (χ2v) is 24.3. The number of rotatable bonds is 40. The third-order valence-electron chi connectivity index (χ3n) is 14.9. The lowest BCUT2D eigenvalue weighted by molar-refractivity contribution is -0.288. The Morgan fingerprint density at radius 3 is 0.779 bits per heavy atom. The smallest absolute Gasteiger partial charge is 0.378 e. The maximum absolute atomic E-state index is 16.8. The number of halogens is 6. The number of aryl methyl sites for hydroxylation is 4. The van der Waals surface area contributed by atoms with E-state index < -0.39 is 49.1 Å². The van der Waals surface area contributed by atoms with E-state index in [-0.39, 0.29) is 69.2 Å². The van der Waals surface area contributed by atoms with Crippen LogP contribution in [0, 0.1) is 0 Å². The normalized spacial score (nSPS) is 12.6. The quantitative estimate of drug-likeness (QED) is 0.0251. The molecule has 0 bridgehead atoms. The SMILES string of the molecule is CCCCCCCCCc1cc(C(c2cc(CCCCCCCCC)c(OS(=O)(=O)c3ccccc3)c(CCCCCCCCC)c2)(C(F)(F)F)C(F)(F)F)cc(CCCCCCCCC)c1OS(=O)(=O)c1ccccc1. The molecule has 77 heavy (non-hydrogen) atoms. The summed E-state index contributed by atoms with van der Waals surface area (Å²) in [5.41, 5.74) is -7.03. The Hall–Kier alpha value is -4.04. The fourth-order valence-electron chi connectivity index (χ4n) is 10.5. The minimum Gasteiger partial charge on any atom is -0.378 e. The highest BCUT2D eigenvalue weighted by atomic mass is 32.2. The fraction of sp³-hybridized carbons (Fsp3) is 0.619. The van der Waals surface area contributed by atoms with Gasteiger partial charge in [-0.05, 0) is 109 Å². The van der Waals surface area contributed by atoms with Crippen LogP contribution in [0.4, 0.5) is 26.3 Å². The Morgan fingerprint density at radius 1 is 0.338 bits per heavy atom. The van der Waals surface area contributed by atoms with E-state index in [0.29, 0.717) is 51.4 Å². The van der Waals surface area contributed by atoms with Gasteiger partial charge in [-0.15, -0.1) is 0 Å². The summed E-state index contributed by atoms with van der Waals surface area (Å²) in [6.45, 7) is 8.38. The van der Waals surface area contributed by atoms with Crippen LogP contribution < -0.4 is 8.37 Å². The standard InChI is InChI=1S/C63H90F6O6S2/c1-5-9-13-17-21-25-31-39-51-47-55(48-52(40-32-26-22-18-14-10-6-2)59(51)74-76(70,71)57-43-35-29-36-44-57)61(62(64,65)66,63(67,68)69)56-49-53(41-33-27-23-19-15-11-7-3)60(75-77(72,73)58-45-37-30-38-46-58)54(50-56)42-34-28-24-20-16-12-8-4/h29-30,35-38,43-50H,5-28,31-34,39-42H2,1-4H3. The first-order valence-electron chi connectivity index (χ1n) is 29.3. The number of hydrogen-bond acceptors (Lipinski definition) is 6. The number of benzene rings is 4. The lowest BCUT2D eigenvalue weighted by atomic mass is 9.70. The van der Waals surface area contributed by atoms with Crippen molar-refractivity contribution in [3.63, 3.8) is 0 Å². The third-order valence-corrected chi connectivity index (χ3v) is 17.3. The topological polar surface area (TPSA) is 86.7 Å². The van der Waals surface area contributed by atoms with Crippen LogP contribution in [0.25, 0.3) is 0 Å². The first-order valence-corrected chi connectivity index (χ1v) is 32.1. The van der Waals surface area contributed by atoms with Gasteiger partial charge in [0, 0.05) is 0 Å². The molecule has 0 radical (unpaired) electrons. The van der Waals surface area contributed by atoms with Gasteiger partial charge < -0.3 is 8.37 Å². The summed E-state index contributed by atoms with van der Waals surface area (Å²) in [5.74, 6) is -0.469. The Labute approximate surface area is 460 Å². The van der Waals surface area contributed by atoms with Gasteiger partial charge in [-0.3, -0.25) is 0 Å². The van der Waals surface area contributed by atoms with Crippen LogP contribution in [0.5, 0.6) is 11.5 Å². The molecule has 0 saturated carbocycles. The van der Waals surface area contributed by atoms with Crippen LogP contribution in [-0.2, 0) is 51.3 Å². The summed E-state index contributed by atoms with van der Waals surface area (Å²) in [5, 5.41) is 0. The zero-order valence-electron chi connectivity index (χ0n) is 46.7. The van der Waals surface area contributed by atoms with Gasteiger partial charge in [0.2, 0.25) is 5.41 Å². The average Bonchev–Trinajstić information content (AvgIpc) is 3.40. The van der Waals surface area contributed by atoms with Gasteiger partial charge in [0.15, 0.2) is 0 Å². The summed E-state index contributed by atoms with van der Waals surface area (Å²) in [6.07, 6.45) is 10.7. The lowest BCUT2D eigenvalue weighted by Crippen LogP contribution is -2.55. The average molecular weight is 1120 g/mol. The van der Waals surface area contributed by atoms with Crippen LogP contribution >= 0.6 is 0 Å². The van der Waals surface area contributed by atoms with Gasteiger partial charge in [-0.1, -0.05) is 242 Å². The molecule has 4 rings (SSSR count). The monoisotopic (exact) mass is 1120 g/mol. The molecule has 0 unspecified atom stereocenters. The summed E-state index contributed by atoms with van der Waals surface area (Å²) in [7, 11) is -9.20. The van der Waals surface area contributed by atoms with Crippen molar-refractivity contribution in [3.05, 3.63) is 118 Å². The van der Waals surface area contributed by atoms with E-state index in [1.807, 2.05) is 0 Å². The molecule has 4 aromatic carbocycles. The Kier molecular flexibility index (Phi) is 28.5. The number of unbranched alkanes of at least 4 members (excludes halogenated alkanes) is 24. The molecule has 4 aromatic rings. The maximum Gasteiger partial charge on any atom is 0.411 e. The molecule has 0 spiro atoms.